The van der Waals surface area contributed by atoms with E-state index >= 15 is 0 Å². The predicted molar refractivity (Wildman–Crippen MR) is 114 cm³/mol. The number of aryl methyl sites for hydroxylation is 1. The van der Waals surface area contributed by atoms with Gasteiger partial charge in [0.1, 0.15) is 5.69 Å². The molecular formula is C21H21FN4O2S. The number of carbonyl (C=O) groups excluding carboxylic acids is 2. The number of anilines is 2. The maximum Gasteiger partial charge on any atom is 0.237 e. The van der Waals surface area contributed by atoms with Gasteiger partial charge >= 0.3 is 0 Å². The minimum absolute atomic E-state index is 0.134. The SMILES string of the molecule is Cc1ccc(NC(=O)CSC(C)C(=O)Nc2ccc(-n3cccn3)c(F)c2)cc1. The highest BCUT2D eigenvalue weighted by Crippen LogP contribution is 2.20. The zero-order valence-electron chi connectivity index (χ0n) is 16.1. The molecule has 0 saturated carbocycles. The topological polar surface area (TPSA) is 76.0 Å². The molecule has 0 fully saturated rings. The Hall–Kier alpha value is -3.13. The Bertz CT molecular complexity index is 990. The molecule has 6 nitrogen and oxygen atoms in total. The molecule has 0 radical (unpaired) electrons. The summed E-state index contributed by atoms with van der Waals surface area (Å²) in [5, 5.41) is 8.97. The molecule has 3 aromatic rings. The second-order valence-electron chi connectivity index (χ2n) is 6.47. The van der Waals surface area contributed by atoms with E-state index in [1.165, 1.54) is 22.5 Å². The number of nitrogens with zero attached hydrogens (tertiary/aromatic N) is 2. The Balaban J connectivity index is 1.50. The molecule has 0 aliphatic heterocycles. The third kappa shape index (κ3) is 5.68. The standard InChI is InChI=1S/C21H21FN4O2S/c1-14-4-6-16(7-5-14)24-20(27)13-29-15(2)21(28)25-17-8-9-19(18(22)12-17)26-11-3-10-23-26/h3-12,15H,13H2,1-2H3,(H,24,27)(H,25,28). The highest BCUT2D eigenvalue weighted by Gasteiger charge is 2.16. The number of nitrogens with one attached hydrogen (secondary N) is 2. The molecule has 8 heteroatoms. The maximum absolute atomic E-state index is 14.3. The lowest BCUT2D eigenvalue weighted by Gasteiger charge is -2.13. The largest absolute Gasteiger partial charge is 0.325 e. The third-order valence-electron chi connectivity index (χ3n) is 4.14. The minimum Gasteiger partial charge on any atom is -0.325 e. The number of hydrogen-bond donors (Lipinski definition) is 2. The second kappa shape index (κ2) is 9.38. The van der Waals surface area contributed by atoms with E-state index < -0.39 is 11.1 Å². The first-order valence-corrected chi connectivity index (χ1v) is 10.1. The van der Waals surface area contributed by atoms with Crippen LogP contribution in [-0.2, 0) is 9.59 Å². The fourth-order valence-corrected chi connectivity index (χ4v) is 3.22. The third-order valence-corrected chi connectivity index (χ3v) is 5.28. The lowest BCUT2D eigenvalue weighted by Crippen LogP contribution is -2.25. The van der Waals surface area contributed by atoms with Crippen molar-refractivity contribution in [2.45, 2.75) is 19.1 Å². The lowest BCUT2D eigenvalue weighted by atomic mass is 10.2. The van der Waals surface area contributed by atoms with Gasteiger partial charge in [-0.25, -0.2) is 9.07 Å². The van der Waals surface area contributed by atoms with Crippen LogP contribution in [0.1, 0.15) is 12.5 Å². The van der Waals surface area contributed by atoms with Crippen molar-refractivity contribution in [2.24, 2.45) is 0 Å². The summed E-state index contributed by atoms with van der Waals surface area (Å²) >= 11 is 1.21. The van der Waals surface area contributed by atoms with Gasteiger partial charge in [0, 0.05) is 23.8 Å². The minimum atomic E-state index is -0.496. The van der Waals surface area contributed by atoms with Gasteiger partial charge in [-0.3, -0.25) is 9.59 Å². The average molecular weight is 412 g/mol. The Morgan fingerprint density at radius 1 is 1.14 bits per heavy atom. The van der Waals surface area contributed by atoms with Crippen LogP contribution < -0.4 is 10.6 Å². The summed E-state index contributed by atoms with van der Waals surface area (Å²) in [5.74, 6) is -0.850. The number of aromatic nitrogens is 2. The number of benzene rings is 2. The van der Waals surface area contributed by atoms with Crippen molar-refractivity contribution in [1.82, 2.24) is 9.78 Å². The normalized spacial score (nSPS) is 11.7. The van der Waals surface area contributed by atoms with Gasteiger partial charge in [-0.1, -0.05) is 17.7 Å². The molecule has 2 N–H and O–H groups in total. The first-order valence-electron chi connectivity index (χ1n) is 9.01. The van der Waals surface area contributed by atoms with Crippen molar-refractivity contribution in [3.05, 3.63) is 72.3 Å². The summed E-state index contributed by atoms with van der Waals surface area (Å²) in [6.07, 6.45) is 3.19. The van der Waals surface area contributed by atoms with Crippen LogP contribution in [0.15, 0.2) is 60.9 Å². The van der Waals surface area contributed by atoms with Gasteiger partial charge in [-0.15, -0.1) is 11.8 Å². The summed E-state index contributed by atoms with van der Waals surface area (Å²) < 4.78 is 15.7. The number of halogens is 1. The van der Waals surface area contributed by atoms with Crippen LogP contribution in [0.4, 0.5) is 15.8 Å². The Labute approximate surface area is 172 Å². The molecule has 0 saturated heterocycles. The zero-order chi connectivity index (χ0) is 20.8. The van der Waals surface area contributed by atoms with Gasteiger partial charge in [0.2, 0.25) is 11.8 Å². The van der Waals surface area contributed by atoms with E-state index in [2.05, 4.69) is 15.7 Å². The van der Waals surface area contributed by atoms with Crippen molar-refractivity contribution < 1.29 is 14.0 Å². The fraction of sp³-hybridized carbons (Fsp3) is 0.190. The summed E-state index contributed by atoms with van der Waals surface area (Å²) in [7, 11) is 0. The molecule has 2 aromatic carbocycles. The summed E-state index contributed by atoms with van der Waals surface area (Å²) in [4.78, 5) is 24.4. The molecule has 1 unspecified atom stereocenters. The molecule has 0 spiro atoms. The van der Waals surface area contributed by atoms with E-state index in [4.69, 9.17) is 0 Å². The van der Waals surface area contributed by atoms with E-state index in [9.17, 15) is 14.0 Å². The van der Waals surface area contributed by atoms with Crippen LogP contribution in [0, 0.1) is 12.7 Å². The molecule has 0 aliphatic rings. The van der Waals surface area contributed by atoms with Crippen LogP contribution >= 0.6 is 11.8 Å². The van der Waals surface area contributed by atoms with Gasteiger partial charge in [-0.05, 0) is 50.2 Å². The van der Waals surface area contributed by atoms with Gasteiger partial charge < -0.3 is 10.6 Å². The predicted octanol–water partition coefficient (Wildman–Crippen LogP) is 4.02. The highest BCUT2D eigenvalue weighted by molar-refractivity contribution is 8.01. The molecule has 29 heavy (non-hydrogen) atoms. The molecule has 150 valence electrons. The smallest absolute Gasteiger partial charge is 0.237 e. The molecule has 1 aromatic heterocycles. The monoisotopic (exact) mass is 412 g/mol. The fourth-order valence-electron chi connectivity index (χ4n) is 2.54. The molecule has 1 atom stereocenters. The molecule has 2 amide bonds. The number of rotatable bonds is 7. The van der Waals surface area contributed by atoms with Crippen molar-refractivity contribution in [3.63, 3.8) is 0 Å². The van der Waals surface area contributed by atoms with E-state index in [0.717, 1.165) is 5.56 Å². The van der Waals surface area contributed by atoms with E-state index in [1.807, 2.05) is 31.2 Å². The molecular weight excluding hydrogens is 391 g/mol. The molecule has 1 heterocycles. The number of carbonyl (C=O) groups is 2. The summed E-state index contributed by atoms with van der Waals surface area (Å²) in [6, 6.07) is 13.6. The summed E-state index contributed by atoms with van der Waals surface area (Å²) in [6.45, 7) is 3.67. The Kier molecular flexibility index (Phi) is 6.66. The first-order chi connectivity index (χ1) is 13.9. The van der Waals surface area contributed by atoms with Gasteiger partial charge in [0.05, 0.1) is 11.0 Å². The Morgan fingerprint density at radius 2 is 1.86 bits per heavy atom. The quantitative estimate of drug-likeness (QED) is 0.615. The molecule has 0 aliphatic carbocycles. The van der Waals surface area contributed by atoms with Crippen molar-refractivity contribution in [3.8, 4) is 5.69 Å². The first kappa shape index (κ1) is 20.6. The van der Waals surface area contributed by atoms with Crippen LogP contribution in [-0.4, -0.2) is 32.6 Å². The van der Waals surface area contributed by atoms with E-state index in [1.54, 1.807) is 37.5 Å². The van der Waals surface area contributed by atoms with Crippen LogP contribution in [0.2, 0.25) is 0 Å². The summed E-state index contributed by atoms with van der Waals surface area (Å²) in [5.41, 5.74) is 2.46. The second-order valence-corrected chi connectivity index (χ2v) is 7.80. The Morgan fingerprint density at radius 3 is 2.52 bits per heavy atom. The van der Waals surface area contributed by atoms with E-state index in [0.29, 0.717) is 17.1 Å². The molecule has 3 rings (SSSR count). The lowest BCUT2D eigenvalue weighted by molar-refractivity contribution is -0.115. The molecule has 0 bridgehead atoms. The number of thioether (sulfide) groups is 1. The van der Waals surface area contributed by atoms with Crippen LogP contribution in [0.5, 0.6) is 0 Å². The number of amides is 2. The van der Waals surface area contributed by atoms with Gasteiger partial charge in [0.15, 0.2) is 5.82 Å². The van der Waals surface area contributed by atoms with Crippen molar-refractivity contribution in [2.75, 3.05) is 16.4 Å². The van der Waals surface area contributed by atoms with Crippen LogP contribution in [0.25, 0.3) is 5.69 Å². The average Bonchev–Trinajstić information content (AvgIpc) is 3.22. The van der Waals surface area contributed by atoms with Crippen molar-refractivity contribution >= 4 is 35.0 Å². The number of hydrogen-bond acceptors (Lipinski definition) is 4. The zero-order valence-corrected chi connectivity index (χ0v) is 16.9. The van der Waals surface area contributed by atoms with Gasteiger partial charge in [0.25, 0.3) is 0 Å². The van der Waals surface area contributed by atoms with Crippen LogP contribution in [0.3, 0.4) is 0 Å². The van der Waals surface area contributed by atoms with E-state index in [-0.39, 0.29) is 17.6 Å². The highest BCUT2D eigenvalue weighted by atomic mass is 32.2. The van der Waals surface area contributed by atoms with Crippen molar-refractivity contribution in [1.29, 1.82) is 0 Å². The van der Waals surface area contributed by atoms with Gasteiger partial charge in [-0.2, -0.15) is 5.10 Å². The maximum atomic E-state index is 14.3.